The highest BCUT2D eigenvalue weighted by Gasteiger charge is 2.39. The van der Waals surface area contributed by atoms with Crippen molar-refractivity contribution in [1.29, 1.82) is 0 Å². The maximum Gasteiger partial charge on any atom is 0.241 e. The average molecular weight is 386 g/mol. The van der Waals surface area contributed by atoms with Crippen molar-refractivity contribution in [2.45, 2.75) is 43.9 Å². The fourth-order valence-electron chi connectivity index (χ4n) is 3.58. The Morgan fingerprint density at radius 2 is 2.00 bits per heavy atom. The normalized spacial score (nSPS) is 21.9. The van der Waals surface area contributed by atoms with Gasteiger partial charge in [-0.1, -0.05) is 41.9 Å². The van der Waals surface area contributed by atoms with Gasteiger partial charge < -0.3 is 9.64 Å². The Hall–Kier alpha value is -2.08. The van der Waals surface area contributed by atoms with Gasteiger partial charge >= 0.3 is 0 Å². The van der Waals surface area contributed by atoms with Gasteiger partial charge in [0.05, 0.1) is 7.11 Å². The van der Waals surface area contributed by atoms with Gasteiger partial charge in [0.2, 0.25) is 5.91 Å². The highest BCUT2D eigenvalue weighted by molar-refractivity contribution is 6.31. The van der Waals surface area contributed by atoms with Gasteiger partial charge in [-0.15, -0.1) is 0 Å². The Morgan fingerprint density at radius 3 is 2.74 bits per heavy atom. The summed E-state index contributed by atoms with van der Waals surface area (Å²) in [6, 6.07) is 15.9. The Labute approximate surface area is 164 Å². The molecule has 27 heavy (non-hydrogen) atoms. The first-order valence-electron chi connectivity index (χ1n) is 9.34. The van der Waals surface area contributed by atoms with E-state index in [1.54, 1.807) is 7.11 Å². The number of rotatable bonds is 6. The third kappa shape index (κ3) is 4.10. The van der Waals surface area contributed by atoms with Crippen molar-refractivity contribution < 1.29 is 9.53 Å². The van der Waals surface area contributed by atoms with E-state index < -0.39 is 0 Å². The predicted molar refractivity (Wildman–Crippen MR) is 105 cm³/mol. The second-order valence-electron chi connectivity index (χ2n) is 7.19. The summed E-state index contributed by atoms with van der Waals surface area (Å²) in [5.41, 5.74) is 8.56. The molecule has 2 aliphatic rings. The van der Waals surface area contributed by atoms with E-state index in [-0.39, 0.29) is 18.0 Å². The van der Waals surface area contributed by atoms with E-state index in [1.807, 2.05) is 47.4 Å². The van der Waals surface area contributed by atoms with Gasteiger partial charge in [0.1, 0.15) is 11.8 Å². The molecule has 0 bridgehead atoms. The predicted octanol–water partition coefficient (Wildman–Crippen LogP) is 3.45. The molecule has 1 saturated heterocycles. The fraction of sp³-hybridized carbons (Fsp3) is 0.381. The molecule has 1 aliphatic carbocycles. The lowest BCUT2D eigenvalue weighted by atomic mass is 10.0. The van der Waals surface area contributed by atoms with Crippen LogP contribution in [0.4, 0.5) is 0 Å². The van der Waals surface area contributed by atoms with E-state index >= 15 is 0 Å². The molecule has 1 heterocycles. The fourth-order valence-corrected chi connectivity index (χ4v) is 3.77. The zero-order valence-corrected chi connectivity index (χ0v) is 16.1. The average Bonchev–Trinajstić information content (AvgIpc) is 3.42. The van der Waals surface area contributed by atoms with Crippen molar-refractivity contribution in [2.75, 3.05) is 7.11 Å². The first-order chi connectivity index (χ1) is 13.2. The molecule has 0 spiro atoms. The Morgan fingerprint density at radius 1 is 1.19 bits per heavy atom. The molecule has 2 N–H and O–H groups in total. The summed E-state index contributed by atoms with van der Waals surface area (Å²) in [5, 5.41) is 0.711. The van der Waals surface area contributed by atoms with Crippen LogP contribution in [0.2, 0.25) is 5.02 Å². The number of nitrogens with zero attached hydrogens (tertiary/aromatic N) is 1. The molecule has 2 atom stereocenters. The van der Waals surface area contributed by atoms with Gasteiger partial charge in [-0.3, -0.25) is 4.79 Å². The maximum atomic E-state index is 13.2. The van der Waals surface area contributed by atoms with Gasteiger partial charge in [0, 0.05) is 23.7 Å². The van der Waals surface area contributed by atoms with Crippen LogP contribution in [0.15, 0.2) is 48.5 Å². The van der Waals surface area contributed by atoms with Crippen molar-refractivity contribution in [3.8, 4) is 5.75 Å². The van der Waals surface area contributed by atoms with Gasteiger partial charge in [-0.2, -0.15) is 0 Å². The molecule has 1 saturated carbocycles. The first-order valence-corrected chi connectivity index (χ1v) is 9.72. The number of benzene rings is 2. The molecule has 2 fully saturated rings. The molecule has 4 rings (SSSR count). The largest absolute Gasteiger partial charge is 0.497 e. The van der Waals surface area contributed by atoms with E-state index in [0.717, 1.165) is 29.7 Å². The van der Waals surface area contributed by atoms with Crippen molar-refractivity contribution in [3.63, 3.8) is 0 Å². The quantitative estimate of drug-likeness (QED) is 0.799. The number of carbonyl (C=O) groups is 1. The van der Waals surface area contributed by atoms with Gasteiger partial charge in [-0.25, -0.2) is 10.9 Å². The molecule has 2 unspecified atom stereocenters. The Kier molecular flexibility index (Phi) is 5.34. The number of methoxy groups -OCH3 is 1. The van der Waals surface area contributed by atoms with Crippen LogP contribution in [0, 0.1) is 0 Å². The lowest BCUT2D eigenvalue weighted by molar-refractivity contribution is -0.134. The highest BCUT2D eigenvalue weighted by Crippen LogP contribution is 2.32. The number of nitrogens with one attached hydrogen (secondary N) is 2. The van der Waals surface area contributed by atoms with Crippen molar-refractivity contribution in [1.82, 2.24) is 15.8 Å². The van der Waals surface area contributed by atoms with Crippen LogP contribution in [0.1, 0.15) is 36.4 Å². The van der Waals surface area contributed by atoms with E-state index in [2.05, 4.69) is 16.9 Å². The summed E-state index contributed by atoms with van der Waals surface area (Å²) >= 11 is 6.31. The summed E-state index contributed by atoms with van der Waals surface area (Å²) in [6.07, 6.45) is 2.84. The van der Waals surface area contributed by atoms with E-state index in [9.17, 15) is 4.79 Å². The van der Waals surface area contributed by atoms with E-state index in [4.69, 9.17) is 16.3 Å². The minimum atomic E-state index is -0.246. The topological polar surface area (TPSA) is 53.6 Å². The van der Waals surface area contributed by atoms with E-state index in [1.165, 1.54) is 0 Å². The molecule has 1 aliphatic heterocycles. The lowest BCUT2D eigenvalue weighted by Crippen LogP contribution is -2.46. The monoisotopic (exact) mass is 385 g/mol. The second kappa shape index (κ2) is 7.89. The number of ether oxygens (including phenoxy) is 1. The van der Waals surface area contributed by atoms with Crippen molar-refractivity contribution >= 4 is 17.5 Å². The number of amides is 1. The van der Waals surface area contributed by atoms with Crippen LogP contribution in [-0.2, 0) is 11.3 Å². The summed E-state index contributed by atoms with van der Waals surface area (Å²) in [6.45, 7) is 0.561. The number of carbonyl (C=O) groups excluding carboxylic acids is 1. The minimum absolute atomic E-state index is 0.0791. The van der Waals surface area contributed by atoms with Crippen LogP contribution in [0.5, 0.6) is 5.75 Å². The van der Waals surface area contributed by atoms with Gasteiger partial charge in [-0.05, 0) is 48.6 Å². The molecule has 2 aromatic carbocycles. The van der Waals surface area contributed by atoms with Crippen LogP contribution >= 0.6 is 11.6 Å². The number of hydrogen-bond acceptors (Lipinski definition) is 4. The van der Waals surface area contributed by atoms with Gasteiger partial charge in [0.15, 0.2) is 0 Å². The molecule has 6 heteroatoms. The van der Waals surface area contributed by atoms with Crippen LogP contribution < -0.4 is 15.6 Å². The molecular weight excluding hydrogens is 362 g/mol. The third-order valence-corrected chi connectivity index (χ3v) is 5.64. The molecular formula is C21H24ClN3O2. The molecule has 142 valence electrons. The zero-order valence-electron chi connectivity index (χ0n) is 15.3. The minimum Gasteiger partial charge on any atom is -0.497 e. The highest BCUT2D eigenvalue weighted by atomic mass is 35.5. The molecule has 1 amide bonds. The SMILES string of the molecule is COc1cccc(C2CC(C(=O)N(Cc3ccccc3Cl)C3CC3)NN2)c1. The van der Waals surface area contributed by atoms with Crippen molar-refractivity contribution in [2.24, 2.45) is 0 Å². The molecule has 2 aromatic rings. The zero-order chi connectivity index (χ0) is 18.8. The smallest absolute Gasteiger partial charge is 0.241 e. The van der Waals surface area contributed by atoms with E-state index in [0.29, 0.717) is 24.0 Å². The lowest BCUT2D eigenvalue weighted by Gasteiger charge is -2.26. The summed E-state index contributed by atoms with van der Waals surface area (Å²) in [5.74, 6) is 0.956. The number of hydrogen-bond donors (Lipinski definition) is 2. The standard InChI is InChI=1S/C21H24ClN3O2/c1-27-17-7-4-6-14(11-17)19-12-20(24-23-19)21(26)25(16-9-10-16)13-15-5-2-3-8-18(15)22/h2-8,11,16,19-20,23-24H,9-10,12-13H2,1H3. The van der Waals surface area contributed by atoms with Crippen LogP contribution in [-0.4, -0.2) is 30.0 Å². The van der Waals surface area contributed by atoms with Crippen LogP contribution in [0.25, 0.3) is 0 Å². The van der Waals surface area contributed by atoms with Crippen molar-refractivity contribution in [3.05, 3.63) is 64.7 Å². The number of halogens is 1. The summed E-state index contributed by atoms with van der Waals surface area (Å²) in [4.78, 5) is 15.2. The van der Waals surface area contributed by atoms with Crippen LogP contribution in [0.3, 0.4) is 0 Å². The van der Waals surface area contributed by atoms with Gasteiger partial charge in [0.25, 0.3) is 0 Å². The number of hydrazine groups is 1. The summed E-state index contributed by atoms with van der Waals surface area (Å²) < 4.78 is 5.31. The Balaban J connectivity index is 1.45. The maximum absolute atomic E-state index is 13.2. The molecule has 5 nitrogen and oxygen atoms in total. The Bertz CT molecular complexity index is 825. The first kappa shape index (κ1) is 18.3. The second-order valence-corrected chi connectivity index (χ2v) is 7.60. The molecule has 0 aromatic heterocycles. The third-order valence-electron chi connectivity index (χ3n) is 5.27. The molecule has 0 radical (unpaired) electrons. The summed E-state index contributed by atoms with van der Waals surface area (Å²) in [7, 11) is 1.66.